The van der Waals surface area contributed by atoms with Gasteiger partial charge >= 0.3 is 5.69 Å². The van der Waals surface area contributed by atoms with Crippen molar-refractivity contribution in [2.45, 2.75) is 13.0 Å². The van der Waals surface area contributed by atoms with E-state index in [4.69, 9.17) is 9.47 Å². The van der Waals surface area contributed by atoms with E-state index in [0.717, 1.165) is 0 Å². The van der Waals surface area contributed by atoms with Crippen molar-refractivity contribution in [2.75, 3.05) is 46.1 Å². The number of benzene rings is 1. The largest absolute Gasteiger partial charge is 0.454 e. The smallest absolute Gasteiger partial charge is 0.328 e. The van der Waals surface area contributed by atoms with Gasteiger partial charge in [0, 0.05) is 70.1 Å². The number of piperazine rings is 1. The summed E-state index contributed by atoms with van der Waals surface area (Å²) in [4.78, 5) is 53.7. The van der Waals surface area contributed by atoms with E-state index in [1.54, 1.807) is 23.1 Å². The Morgan fingerprint density at radius 2 is 1.78 bits per heavy atom. The monoisotopic (exact) mass is 443 g/mol. The third-order valence-electron chi connectivity index (χ3n) is 5.54. The fraction of sp³-hybridized carbons (Fsp3) is 0.429. The quantitative estimate of drug-likeness (QED) is 0.576. The number of rotatable bonds is 7. The topological polar surface area (TPSA) is 126 Å². The molecular formula is C21H25N5O6. The van der Waals surface area contributed by atoms with Gasteiger partial charge in [-0.2, -0.15) is 0 Å². The number of fused-ring (bicyclic) bond motifs is 1. The van der Waals surface area contributed by atoms with Crippen molar-refractivity contribution in [3.63, 3.8) is 0 Å². The van der Waals surface area contributed by atoms with Gasteiger partial charge in [0.25, 0.3) is 11.5 Å². The lowest BCUT2D eigenvalue weighted by Gasteiger charge is -2.34. The molecule has 11 heteroatoms. The number of aromatic nitrogens is 2. The van der Waals surface area contributed by atoms with Crippen molar-refractivity contribution in [1.82, 2.24) is 24.7 Å². The van der Waals surface area contributed by atoms with Crippen LogP contribution >= 0.6 is 0 Å². The Morgan fingerprint density at radius 1 is 1.00 bits per heavy atom. The highest BCUT2D eigenvalue weighted by Gasteiger charge is 2.21. The Morgan fingerprint density at radius 3 is 2.56 bits per heavy atom. The molecule has 2 aliphatic rings. The first-order valence-electron chi connectivity index (χ1n) is 10.5. The SMILES string of the molecule is O=C(NCCN1CCN(C(=O)CCn2ccc(=O)[nH]c2=O)CC1)c1ccc2c(c1)OCO2. The van der Waals surface area contributed by atoms with Crippen molar-refractivity contribution in [1.29, 1.82) is 0 Å². The fourth-order valence-corrected chi connectivity index (χ4v) is 3.68. The minimum absolute atomic E-state index is 0.0288. The summed E-state index contributed by atoms with van der Waals surface area (Å²) >= 11 is 0. The lowest BCUT2D eigenvalue weighted by Crippen LogP contribution is -2.50. The van der Waals surface area contributed by atoms with Gasteiger partial charge < -0.3 is 24.3 Å². The summed E-state index contributed by atoms with van der Waals surface area (Å²) in [5, 5.41) is 2.90. The molecule has 0 saturated carbocycles. The highest BCUT2D eigenvalue weighted by Crippen LogP contribution is 2.32. The van der Waals surface area contributed by atoms with E-state index in [0.29, 0.717) is 56.3 Å². The first-order valence-corrected chi connectivity index (χ1v) is 10.5. The Hall–Kier alpha value is -3.60. The Balaban J connectivity index is 1.16. The molecule has 1 aromatic carbocycles. The van der Waals surface area contributed by atoms with Crippen LogP contribution in [0.15, 0.2) is 40.1 Å². The number of hydrogen-bond donors (Lipinski definition) is 2. The first kappa shape index (κ1) is 21.6. The Kier molecular flexibility index (Phi) is 6.55. The normalized spacial score (nSPS) is 15.6. The molecule has 2 aromatic rings. The van der Waals surface area contributed by atoms with E-state index in [2.05, 4.69) is 15.2 Å². The lowest BCUT2D eigenvalue weighted by atomic mass is 10.2. The van der Waals surface area contributed by atoms with Gasteiger partial charge in [0.1, 0.15) is 0 Å². The molecule has 3 heterocycles. The molecule has 0 spiro atoms. The zero-order chi connectivity index (χ0) is 22.5. The van der Waals surface area contributed by atoms with Crippen LogP contribution in [0.25, 0.3) is 0 Å². The molecule has 170 valence electrons. The molecule has 1 saturated heterocycles. The lowest BCUT2D eigenvalue weighted by molar-refractivity contribution is -0.133. The molecule has 2 N–H and O–H groups in total. The molecular weight excluding hydrogens is 418 g/mol. The molecule has 32 heavy (non-hydrogen) atoms. The molecule has 1 aromatic heterocycles. The predicted molar refractivity (Wildman–Crippen MR) is 114 cm³/mol. The maximum absolute atomic E-state index is 12.4. The third-order valence-corrected chi connectivity index (χ3v) is 5.54. The van der Waals surface area contributed by atoms with Crippen LogP contribution in [0.2, 0.25) is 0 Å². The van der Waals surface area contributed by atoms with E-state index in [1.165, 1.54) is 16.8 Å². The van der Waals surface area contributed by atoms with Crippen LogP contribution < -0.4 is 26.0 Å². The van der Waals surface area contributed by atoms with Crippen LogP contribution in [0.5, 0.6) is 11.5 Å². The van der Waals surface area contributed by atoms with E-state index in [1.807, 2.05) is 0 Å². The molecule has 2 aliphatic heterocycles. The minimum atomic E-state index is -0.516. The van der Waals surface area contributed by atoms with Crippen LogP contribution in [0.4, 0.5) is 0 Å². The molecule has 1 fully saturated rings. The van der Waals surface area contributed by atoms with Crippen LogP contribution in [0, 0.1) is 0 Å². The maximum Gasteiger partial charge on any atom is 0.328 e. The molecule has 0 aliphatic carbocycles. The summed E-state index contributed by atoms with van der Waals surface area (Å²) in [6.07, 6.45) is 1.59. The van der Waals surface area contributed by atoms with Crippen molar-refractivity contribution in [3.8, 4) is 11.5 Å². The summed E-state index contributed by atoms with van der Waals surface area (Å²) in [6, 6.07) is 6.36. The molecule has 0 unspecified atom stereocenters. The minimum Gasteiger partial charge on any atom is -0.454 e. The van der Waals surface area contributed by atoms with Gasteiger partial charge in [0.2, 0.25) is 12.7 Å². The van der Waals surface area contributed by atoms with Gasteiger partial charge in [-0.05, 0) is 18.2 Å². The molecule has 0 radical (unpaired) electrons. The second-order valence-corrected chi connectivity index (χ2v) is 7.60. The highest BCUT2D eigenvalue weighted by molar-refractivity contribution is 5.94. The van der Waals surface area contributed by atoms with E-state index >= 15 is 0 Å². The summed E-state index contributed by atoms with van der Waals surface area (Å²) in [7, 11) is 0. The number of nitrogens with zero attached hydrogens (tertiary/aromatic N) is 3. The average Bonchev–Trinajstić information content (AvgIpc) is 3.26. The summed E-state index contributed by atoms with van der Waals surface area (Å²) in [5.41, 5.74) is -0.454. The first-order chi connectivity index (χ1) is 15.5. The zero-order valence-corrected chi connectivity index (χ0v) is 17.5. The van der Waals surface area contributed by atoms with Crippen molar-refractivity contribution in [2.24, 2.45) is 0 Å². The Labute approximate surface area is 183 Å². The van der Waals surface area contributed by atoms with Crippen LogP contribution in [0.1, 0.15) is 16.8 Å². The number of carbonyl (C=O) groups is 2. The van der Waals surface area contributed by atoms with Crippen LogP contribution in [-0.4, -0.2) is 77.2 Å². The van der Waals surface area contributed by atoms with Gasteiger partial charge in [0.05, 0.1) is 0 Å². The highest BCUT2D eigenvalue weighted by atomic mass is 16.7. The van der Waals surface area contributed by atoms with Crippen molar-refractivity contribution in [3.05, 3.63) is 56.9 Å². The fourth-order valence-electron chi connectivity index (χ4n) is 3.68. The van der Waals surface area contributed by atoms with Gasteiger partial charge in [0.15, 0.2) is 11.5 Å². The molecule has 11 nitrogen and oxygen atoms in total. The van der Waals surface area contributed by atoms with Gasteiger partial charge in [-0.25, -0.2) is 4.79 Å². The van der Waals surface area contributed by atoms with Crippen molar-refractivity contribution < 1.29 is 19.1 Å². The number of amides is 2. The summed E-state index contributed by atoms with van der Waals surface area (Å²) in [5.74, 6) is 1.01. The average molecular weight is 443 g/mol. The maximum atomic E-state index is 12.4. The second-order valence-electron chi connectivity index (χ2n) is 7.60. The zero-order valence-electron chi connectivity index (χ0n) is 17.5. The molecule has 4 rings (SSSR count). The third kappa shape index (κ3) is 5.17. The molecule has 0 atom stereocenters. The van der Waals surface area contributed by atoms with Crippen molar-refractivity contribution >= 4 is 11.8 Å². The number of ether oxygens (including phenoxy) is 2. The van der Waals surface area contributed by atoms with Crippen LogP contribution in [0.3, 0.4) is 0 Å². The van der Waals surface area contributed by atoms with E-state index in [-0.39, 0.29) is 31.6 Å². The number of aromatic amines is 1. The molecule has 0 bridgehead atoms. The summed E-state index contributed by atoms with van der Waals surface area (Å²) < 4.78 is 11.9. The van der Waals surface area contributed by atoms with Gasteiger partial charge in [-0.1, -0.05) is 0 Å². The number of carbonyl (C=O) groups excluding carboxylic acids is 2. The number of H-pyrrole nitrogens is 1. The Bertz CT molecular complexity index is 1100. The number of aryl methyl sites for hydroxylation is 1. The summed E-state index contributed by atoms with van der Waals surface area (Å²) in [6.45, 7) is 4.18. The van der Waals surface area contributed by atoms with Gasteiger partial charge in [-0.3, -0.25) is 24.3 Å². The van der Waals surface area contributed by atoms with E-state index < -0.39 is 11.2 Å². The standard InChI is InChI=1S/C21H25N5O6/c27-18-3-6-26(21(30)23-18)7-4-19(28)25-11-9-24(10-12-25)8-5-22-20(29)15-1-2-16-17(13-15)32-14-31-16/h1-3,6,13H,4-5,7-12,14H2,(H,22,29)(H,23,27,30). The molecule has 2 amide bonds. The second kappa shape index (κ2) is 9.69. The van der Waals surface area contributed by atoms with E-state index in [9.17, 15) is 19.2 Å². The van der Waals surface area contributed by atoms with Crippen LogP contribution in [-0.2, 0) is 11.3 Å². The van der Waals surface area contributed by atoms with Gasteiger partial charge in [-0.15, -0.1) is 0 Å². The predicted octanol–water partition coefficient (Wildman–Crippen LogP) is -0.770. The number of nitrogens with one attached hydrogen (secondary N) is 2. The number of hydrogen-bond acceptors (Lipinski definition) is 7.